The fraction of sp³-hybridized carbons (Fsp3) is 0.188. The second-order valence-electron chi connectivity index (χ2n) is 4.78. The zero-order valence-corrected chi connectivity index (χ0v) is 13.2. The smallest absolute Gasteiger partial charge is 0.251 e. The van der Waals surface area contributed by atoms with Gasteiger partial charge in [-0.25, -0.2) is 4.39 Å². The number of halogens is 2. The van der Waals surface area contributed by atoms with E-state index in [0.717, 1.165) is 4.47 Å². The van der Waals surface area contributed by atoms with Crippen LogP contribution in [0.3, 0.4) is 0 Å². The molecule has 0 radical (unpaired) electrons. The lowest BCUT2D eigenvalue weighted by atomic mass is 10.1. The zero-order chi connectivity index (χ0) is 15.5. The van der Waals surface area contributed by atoms with Crippen LogP contribution in [0.15, 0.2) is 40.9 Å². The van der Waals surface area contributed by atoms with Crippen molar-refractivity contribution >= 4 is 21.8 Å². The summed E-state index contributed by atoms with van der Waals surface area (Å²) >= 11 is 3.33. The van der Waals surface area contributed by atoms with Gasteiger partial charge in [-0.15, -0.1) is 0 Å². The third-order valence-electron chi connectivity index (χ3n) is 3.25. The van der Waals surface area contributed by atoms with Crippen LogP contribution in [0.5, 0.6) is 11.5 Å². The summed E-state index contributed by atoms with van der Waals surface area (Å²) in [5.74, 6) is 0.599. The molecule has 0 saturated carbocycles. The van der Waals surface area contributed by atoms with Crippen molar-refractivity contribution in [2.45, 2.75) is 6.54 Å². The summed E-state index contributed by atoms with van der Waals surface area (Å²) in [5, 5.41) is 2.76. The summed E-state index contributed by atoms with van der Waals surface area (Å²) in [6, 6.07) is 9.38. The summed E-state index contributed by atoms with van der Waals surface area (Å²) < 4.78 is 24.8. The molecule has 4 nitrogen and oxygen atoms in total. The Morgan fingerprint density at radius 3 is 2.73 bits per heavy atom. The number of fused-ring (bicyclic) bond motifs is 1. The topological polar surface area (TPSA) is 47.6 Å². The Morgan fingerprint density at radius 2 is 1.91 bits per heavy atom. The van der Waals surface area contributed by atoms with E-state index in [1.165, 1.54) is 12.1 Å². The standard InChI is InChI=1S/C16H13BrFNO3/c17-13-3-2-12(18)7-11(13)9-19-16(20)10-1-4-14-15(8-10)22-6-5-21-14/h1-4,7-8H,5-6,9H2,(H,19,20). The molecule has 1 heterocycles. The largest absolute Gasteiger partial charge is 0.486 e. The Balaban J connectivity index is 1.70. The number of carbonyl (C=O) groups excluding carboxylic acids is 1. The molecule has 1 aliphatic rings. The van der Waals surface area contributed by atoms with Crippen LogP contribution in [0.25, 0.3) is 0 Å². The highest BCUT2D eigenvalue weighted by atomic mass is 79.9. The molecule has 1 aliphatic heterocycles. The van der Waals surface area contributed by atoms with E-state index >= 15 is 0 Å². The Morgan fingerprint density at radius 1 is 1.14 bits per heavy atom. The molecule has 0 aromatic heterocycles. The molecule has 1 amide bonds. The van der Waals surface area contributed by atoms with Crippen molar-refractivity contribution in [3.8, 4) is 11.5 Å². The molecule has 114 valence electrons. The Hall–Kier alpha value is -2.08. The van der Waals surface area contributed by atoms with Crippen LogP contribution in [0.4, 0.5) is 4.39 Å². The first-order valence-corrected chi connectivity index (χ1v) is 7.54. The predicted octanol–water partition coefficient (Wildman–Crippen LogP) is 3.29. The molecule has 2 aromatic carbocycles. The minimum absolute atomic E-state index is 0.228. The quantitative estimate of drug-likeness (QED) is 0.907. The number of ether oxygens (including phenoxy) is 2. The number of hydrogen-bond donors (Lipinski definition) is 1. The minimum atomic E-state index is -0.341. The van der Waals surface area contributed by atoms with Crippen molar-refractivity contribution in [1.82, 2.24) is 5.32 Å². The molecule has 0 fully saturated rings. The van der Waals surface area contributed by atoms with Crippen LogP contribution in [-0.2, 0) is 6.54 Å². The number of benzene rings is 2. The number of nitrogens with one attached hydrogen (secondary N) is 1. The summed E-state index contributed by atoms with van der Waals surface area (Å²) in [6.45, 7) is 1.20. The molecule has 3 rings (SSSR count). The van der Waals surface area contributed by atoms with E-state index in [4.69, 9.17) is 9.47 Å². The van der Waals surface area contributed by atoms with Gasteiger partial charge in [0, 0.05) is 16.6 Å². The number of amides is 1. The lowest BCUT2D eigenvalue weighted by Crippen LogP contribution is -2.23. The SMILES string of the molecule is O=C(NCc1cc(F)ccc1Br)c1ccc2c(c1)OCCO2. The first kappa shape index (κ1) is 14.8. The van der Waals surface area contributed by atoms with Gasteiger partial charge in [0.15, 0.2) is 11.5 Å². The molecule has 6 heteroatoms. The van der Waals surface area contributed by atoms with Gasteiger partial charge < -0.3 is 14.8 Å². The number of rotatable bonds is 3. The fourth-order valence-corrected chi connectivity index (χ4v) is 2.53. The number of carbonyl (C=O) groups is 1. The third kappa shape index (κ3) is 3.22. The van der Waals surface area contributed by atoms with Gasteiger partial charge in [-0.1, -0.05) is 15.9 Å². The van der Waals surface area contributed by atoms with Gasteiger partial charge in [-0.05, 0) is 42.0 Å². The second kappa shape index (κ2) is 6.36. The van der Waals surface area contributed by atoms with E-state index in [1.807, 2.05) is 0 Å². The van der Waals surface area contributed by atoms with E-state index in [1.54, 1.807) is 24.3 Å². The van der Waals surface area contributed by atoms with Crippen LogP contribution in [0.2, 0.25) is 0 Å². The molecule has 0 atom stereocenters. The van der Waals surface area contributed by atoms with Crippen molar-refractivity contribution in [3.05, 3.63) is 57.8 Å². The van der Waals surface area contributed by atoms with Gasteiger partial charge in [-0.2, -0.15) is 0 Å². The molecule has 0 saturated heterocycles. The second-order valence-corrected chi connectivity index (χ2v) is 5.63. The lowest BCUT2D eigenvalue weighted by Gasteiger charge is -2.18. The van der Waals surface area contributed by atoms with Gasteiger partial charge in [0.1, 0.15) is 19.0 Å². The monoisotopic (exact) mass is 365 g/mol. The normalized spacial score (nSPS) is 12.8. The molecule has 22 heavy (non-hydrogen) atoms. The van der Waals surface area contributed by atoms with Crippen LogP contribution in [-0.4, -0.2) is 19.1 Å². The average molecular weight is 366 g/mol. The van der Waals surface area contributed by atoms with Gasteiger partial charge in [0.05, 0.1) is 0 Å². The Kier molecular flexibility index (Phi) is 4.29. The molecule has 0 spiro atoms. The van der Waals surface area contributed by atoms with E-state index in [0.29, 0.717) is 35.8 Å². The highest BCUT2D eigenvalue weighted by Gasteiger charge is 2.15. The van der Waals surface area contributed by atoms with Gasteiger partial charge in [0.25, 0.3) is 5.91 Å². The van der Waals surface area contributed by atoms with Crippen molar-refractivity contribution in [3.63, 3.8) is 0 Å². The van der Waals surface area contributed by atoms with Gasteiger partial charge in [0.2, 0.25) is 0 Å². The van der Waals surface area contributed by atoms with E-state index in [2.05, 4.69) is 21.2 Å². The summed E-state index contributed by atoms with van der Waals surface area (Å²) in [6.07, 6.45) is 0. The highest BCUT2D eigenvalue weighted by Crippen LogP contribution is 2.30. The van der Waals surface area contributed by atoms with E-state index < -0.39 is 0 Å². The van der Waals surface area contributed by atoms with E-state index in [9.17, 15) is 9.18 Å². The van der Waals surface area contributed by atoms with Crippen molar-refractivity contribution < 1.29 is 18.7 Å². The minimum Gasteiger partial charge on any atom is -0.486 e. The molecule has 1 N–H and O–H groups in total. The first-order chi connectivity index (χ1) is 10.6. The summed E-state index contributed by atoms with van der Waals surface area (Å²) in [5.41, 5.74) is 1.14. The molecule has 0 bridgehead atoms. The van der Waals surface area contributed by atoms with E-state index in [-0.39, 0.29) is 18.3 Å². The van der Waals surface area contributed by atoms with Crippen LogP contribution < -0.4 is 14.8 Å². The van der Waals surface area contributed by atoms with Crippen molar-refractivity contribution in [2.24, 2.45) is 0 Å². The maximum absolute atomic E-state index is 13.2. The van der Waals surface area contributed by atoms with Gasteiger partial charge in [-0.3, -0.25) is 4.79 Å². The van der Waals surface area contributed by atoms with Crippen LogP contribution in [0.1, 0.15) is 15.9 Å². The molecule has 2 aromatic rings. The maximum Gasteiger partial charge on any atom is 0.251 e. The lowest BCUT2D eigenvalue weighted by molar-refractivity contribution is 0.0949. The molecule has 0 aliphatic carbocycles. The number of hydrogen-bond acceptors (Lipinski definition) is 3. The highest BCUT2D eigenvalue weighted by molar-refractivity contribution is 9.10. The Bertz CT molecular complexity index is 721. The maximum atomic E-state index is 13.2. The molecular formula is C16H13BrFNO3. The van der Waals surface area contributed by atoms with Gasteiger partial charge >= 0.3 is 0 Å². The molecular weight excluding hydrogens is 353 g/mol. The zero-order valence-electron chi connectivity index (χ0n) is 11.6. The van der Waals surface area contributed by atoms with Crippen LogP contribution >= 0.6 is 15.9 Å². The fourth-order valence-electron chi connectivity index (χ4n) is 2.14. The Labute approximate surface area is 135 Å². The van der Waals surface area contributed by atoms with Crippen molar-refractivity contribution in [2.75, 3.05) is 13.2 Å². The van der Waals surface area contributed by atoms with Crippen LogP contribution in [0, 0.1) is 5.82 Å². The first-order valence-electron chi connectivity index (χ1n) is 6.75. The summed E-state index contributed by atoms with van der Waals surface area (Å²) in [4.78, 5) is 12.2. The van der Waals surface area contributed by atoms with Crippen molar-refractivity contribution in [1.29, 1.82) is 0 Å². The predicted molar refractivity (Wildman–Crippen MR) is 82.7 cm³/mol. The average Bonchev–Trinajstić information content (AvgIpc) is 2.55. The third-order valence-corrected chi connectivity index (χ3v) is 4.03. The summed E-state index contributed by atoms with van der Waals surface area (Å²) in [7, 11) is 0. The molecule has 0 unspecified atom stereocenters.